The van der Waals surface area contributed by atoms with E-state index in [9.17, 15) is 9.59 Å². The molecule has 0 aromatic carbocycles. The van der Waals surface area contributed by atoms with Gasteiger partial charge in [0.05, 0.1) is 6.61 Å². The van der Waals surface area contributed by atoms with Gasteiger partial charge in [-0.15, -0.1) is 0 Å². The summed E-state index contributed by atoms with van der Waals surface area (Å²) in [5.41, 5.74) is -0.241. The number of rotatable bonds is 3. The third kappa shape index (κ3) is 2.25. The van der Waals surface area contributed by atoms with Gasteiger partial charge in [-0.3, -0.25) is 9.89 Å². The fourth-order valence-corrected chi connectivity index (χ4v) is 1.41. The highest BCUT2D eigenvalue weighted by molar-refractivity contribution is 5.88. The average Bonchev–Trinajstić information content (AvgIpc) is 2.73. The maximum atomic E-state index is 11.6. The van der Waals surface area contributed by atoms with Crippen LogP contribution >= 0.6 is 0 Å². The molecule has 0 radical (unpaired) electrons. The first-order valence-electron chi connectivity index (χ1n) is 5.13. The van der Waals surface area contributed by atoms with Crippen molar-refractivity contribution in [1.82, 2.24) is 14.8 Å². The minimum Gasteiger partial charge on any atom is -0.461 e. The van der Waals surface area contributed by atoms with Crippen LogP contribution in [0.4, 0.5) is 0 Å². The lowest BCUT2D eigenvalue weighted by atomic mass is 10.4. The van der Waals surface area contributed by atoms with Gasteiger partial charge in [0.15, 0.2) is 11.5 Å². The predicted molar refractivity (Wildman–Crippen MR) is 60.1 cm³/mol. The van der Waals surface area contributed by atoms with E-state index < -0.39 is 5.97 Å². The summed E-state index contributed by atoms with van der Waals surface area (Å²) in [6.45, 7) is 1.95. The molecule has 6 heteroatoms. The van der Waals surface area contributed by atoms with Gasteiger partial charge < -0.3 is 4.74 Å². The first kappa shape index (κ1) is 11.1. The van der Waals surface area contributed by atoms with Crippen LogP contribution < -0.4 is 5.56 Å². The van der Waals surface area contributed by atoms with E-state index in [1.54, 1.807) is 31.3 Å². The molecule has 88 valence electrons. The van der Waals surface area contributed by atoms with E-state index in [1.165, 1.54) is 10.7 Å². The zero-order valence-electron chi connectivity index (χ0n) is 9.21. The van der Waals surface area contributed by atoms with Crippen molar-refractivity contribution in [1.29, 1.82) is 0 Å². The molecule has 17 heavy (non-hydrogen) atoms. The van der Waals surface area contributed by atoms with Crippen molar-refractivity contribution in [2.45, 2.75) is 6.92 Å². The minimum atomic E-state index is -0.559. The quantitative estimate of drug-likeness (QED) is 0.793. The van der Waals surface area contributed by atoms with Gasteiger partial charge in [-0.2, -0.15) is 0 Å². The lowest BCUT2D eigenvalue weighted by Gasteiger charge is -2.05. The highest BCUT2D eigenvalue weighted by Gasteiger charge is 2.15. The predicted octanol–water partition coefficient (Wildman–Crippen LogP) is 0.737. The Labute approximate surface area is 96.8 Å². The zero-order valence-corrected chi connectivity index (χ0v) is 9.21. The summed E-state index contributed by atoms with van der Waals surface area (Å²) in [7, 11) is 0. The van der Waals surface area contributed by atoms with E-state index >= 15 is 0 Å². The lowest BCUT2D eigenvalue weighted by Crippen LogP contribution is -2.13. The number of carbonyl (C=O) groups excluding carboxylic acids is 1. The molecule has 0 aliphatic rings. The highest BCUT2D eigenvalue weighted by Crippen LogP contribution is 2.06. The number of H-pyrrole nitrogens is 1. The van der Waals surface area contributed by atoms with Crippen LogP contribution in [0, 0.1) is 0 Å². The Morgan fingerprint density at radius 1 is 1.53 bits per heavy atom. The van der Waals surface area contributed by atoms with Crippen molar-refractivity contribution in [2.75, 3.05) is 6.61 Å². The molecule has 2 aromatic rings. The Balaban J connectivity index is 2.48. The number of hydrogen-bond acceptors (Lipinski definition) is 4. The van der Waals surface area contributed by atoms with Gasteiger partial charge in [0.25, 0.3) is 5.56 Å². The van der Waals surface area contributed by atoms with Gasteiger partial charge in [-0.05, 0) is 19.1 Å². The monoisotopic (exact) mass is 233 g/mol. The lowest BCUT2D eigenvalue weighted by molar-refractivity contribution is 0.0515. The second-order valence-electron chi connectivity index (χ2n) is 3.25. The van der Waals surface area contributed by atoms with E-state index in [4.69, 9.17) is 4.74 Å². The van der Waals surface area contributed by atoms with Gasteiger partial charge in [0.2, 0.25) is 0 Å². The standard InChI is InChI=1S/C11H11N3O3/c1-2-17-11(16)8-7-10(15)13-14(8)9-5-3-4-6-12-9/h3-7H,2H2,1H3,(H,13,15). The van der Waals surface area contributed by atoms with Crippen LogP contribution in [0.3, 0.4) is 0 Å². The normalized spacial score (nSPS) is 10.2. The van der Waals surface area contributed by atoms with Crippen LogP contribution in [-0.4, -0.2) is 27.3 Å². The molecule has 2 heterocycles. The van der Waals surface area contributed by atoms with Crippen LogP contribution in [0.25, 0.3) is 5.82 Å². The number of nitrogens with zero attached hydrogens (tertiary/aromatic N) is 2. The van der Waals surface area contributed by atoms with Crippen LogP contribution in [0.5, 0.6) is 0 Å². The second-order valence-corrected chi connectivity index (χ2v) is 3.25. The van der Waals surface area contributed by atoms with Crippen LogP contribution in [0.1, 0.15) is 17.4 Å². The van der Waals surface area contributed by atoms with Gasteiger partial charge in [0.1, 0.15) is 0 Å². The van der Waals surface area contributed by atoms with Gasteiger partial charge in [0, 0.05) is 12.3 Å². The third-order valence-corrected chi connectivity index (χ3v) is 2.09. The van der Waals surface area contributed by atoms with Crippen LogP contribution in [0.15, 0.2) is 35.3 Å². The van der Waals surface area contributed by atoms with E-state index in [0.717, 1.165) is 0 Å². The molecular weight excluding hydrogens is 222 g/mol. The third-order valence-electron chi connectivity index (χ3n) is 2.09. The minimum absolute atomic E-state index is 0.135. The largest absolute Gasteiger partial charge is 0.461 e. The summed E-state index contributed by atoms with van der Waals surface area (Å²) in [5.74, 6) is -0.103. The number of pyridine rings is 1. The fraction of sp³-hybridized carbons (Fsp3) is 0.182. The summed E-state index contributed by atoms with van der Waals surface area (Å²) in [5, 5.41) is 2.50. The van der Waals surface area contributed by atoms with Crippen molar-refractivity contribution in [3.63, 3.8) is 0 Å². The number of aromatic nitrogens is 3. The molecule has 6 nitrogen and oxygen atoms in total. The molecule has 0 spiro atoms. The van der Waals surface area contributed by atoms with Crippen LogP contribution in [-0.2, 0) is 4.74 Å². The first-order chi connectivity index (χ1) is 8.22. The Bertz CT molecular complexity index is 571. The van der Waals surface area contributed by atoms with Crippen LogP contribution in [0.2, 0.25) is 0 Å². The molecule has 0 atom stereocenters. The van der Waals surface area contributed by atoms with Crippen molar-refractivity contribution in [2.24, 2.45) is 0 Å². The smallest absolute Gasteiger partial charge is 0.357 e. The molecule has 2 rings (SSSR count). The molecular formula is C11H11N3O3. The molecule has 0 saturated carbocycles. The second kappa shape index (κ2) is 4.65. The molecule has 0 fully saturated rings. The Hall–Kier alpha value is -2.37. The Morgan fingerprint density at radius 3 is 3.00 bits per heavy atom. The summed E-state index contributed by atoms with van der Waals surface area (Å²) in [6, 6.07) is 6.37. The van der Waals surface area contributed by atoms with E-state index in [-0.39, 0.29) is 17.9 Å². The number of aromatic amines is 1. The number of nitrogens with one attached hydrogen (secondary N) is 1. The molecule has 0 aliphatic carbocycles. The summed E-state index contributed by atoms with van der Waals surface area (Å²) in [6.07, 6.45) is 1.57. The average molecular weight is 233 g/mol. The number of hydrogen-bond donors (Lipinski definition) is 1. The van der Waals surface area contributed by atoms with Crippen molar-refractivity contribution < 1.29 is 9.53 Å². The summed E-state index contributed by atoms with van der Waals surface area (Å²) >= 11 is 0. The van der Waals surface area contributed by atoms with Gasteiger partial charge in [-0.25, -0.2) is 14.5 Å². The SMILES string of the molecule is CCOC(=O)c1cc(=O)[nH]n1-c1ccccn1. The molecule has 0 aliphatic heterocycles. The molecule has 0 saturated heterocycles. The maximum absolute atomic E-state index is 11.6. The van der Waals surface area contributed by atoms with Crippen molar-refractivity contribution in [3.05, 3.63) is 46.5 Å². The molecule has 0 unspecified atom stereocenters. The van der Waals surface area contributed by atoms with Gasteiger partial charge >= 0.3 is 5.97 Å². The molecule has 1 N–H and O–H groups in total. The Morgan fingerprint density at radius 2 is 2.35 bits per heavy atom. The van der Waals surface area contributed by atoms with Crippen molar-refractivity contribution in [3.8, 4) is 5.82 Å². The summed E-state index contributed by atoms with van der Waals surface area (Å²) in [4.78, 5) is 27.0. The molecule has 0 bridgehead atoms. The maximum Gasteiger partial charge on any atom is 0.357 e. The van der Waals surface area contributed by atoms with Crippen molar-refractivity contribution >= 4 is 5.97 Å². The van der Waals surface area contributed by atoms with E-state index in [1.807, 2.05) is 0 Å². The topological polar surface area (TPSA) is 77.0 Å². The zero-order chi connectivity index (χ0) is 12.3. The fourth-order valence-electron chi connectivity index (χ4n) is 1.41. The number of esters is 1. The molecule has 2 aromatic heterocycles. The Kier molecular flexibility index (Phi) is 3.04. The highest BCUT2D eigenvalue weighted by atomic mass is 16.5. The number of carbonyl (C=O) groups is 1. The van der Waals surface area contributed by atoms with E-state index in [0.29, 0.717) is 5.82 Å². The molecule has 0 amide bonds. The van der Waals surface area contributed by atoms with Gasteiger partial charge in [-0.1, -0.05) is 6.07 Å². The van der Waals surface area contributed by atoms with E-state index in [2.05, 4.69) is 10.1 Å². The summed E-state index contributed by atoms with van der Waals surface area (Å²) < 4.78 is 6.16. The first-order valence-corrected chi connectivity index (χ1v) is 5.13. The number of ether oxygens (including phenoxy) is 1.